The summed E-state index contributed by atoms with van der Waals surface area (Å²) >= 11 is 0. The smallest absolute Gasteiger partial charge is 0.170 e. The minimum absolute atomic E-state index is 0.206. The second-order valence-corrected chi connectivity index (χ2v) is 9.96. The van der Waals surface area contributed by atoms with Gasteiger partial charge in [0.1, 0.15) is 18.1 Å². The molecule has 0 aliphatic carbocycles. The number of carbonyl (C=O) groups excluding carboxylic acids is 1. The number of fused-ring (bicyclic) bond motifs is 1. The first-order valence-corrected chi connectivity index (χ1v) is 12.8. The van der Waals surface area contributed by atoms with Crippen LogP contribution in [0.15, 0.2) is 36.4 Å². The molecule has 0 unspecified atom stereocenters. The van der Waals surface area contributed by atoms with Gasteiger partial charge in [0.25, 0.3) is 0 Å². The number of piperidine rings is 1. The lowest BCUT2D eigenvalue weighted by Crippen LogP contribution is -2.35. The van der Waals surface area contributed by atoms with Gasteiger partial charge in [0.15, 0.2) is 5.78 Å². The fraction of sp³-hybridized carbons (Fsp3) is 0.552. The summed E-state index contributed by atoms with van der Waals surface area (Å²) in [4.78, 5) is 14.7. The van der Waals surface area contributed by atoms with Gasteiger partial charge < -0.3 is 19.1 Å². The molecule has 0 spiro atoms. The maximum absolute atomic E-state index is 12.2. The van der Waals surface area contributed by atoms with E-state index in [4.69, 9.17) is 14.2 Å². The number of likely N-dealkylation sites (tertiary alicyclic amines) is 1. The van der Waals surface area contributed by atoms with E-state index < -0.39 is 0 Å². The average molecular weight is 466 g/mol. The third kappa shape index (κ3) is 6.39. The molecule has 0 bridgehead atoms. The molecule has 5 heteroatoms. The molecule has 184 valence electrons. The standard InChI is InChI=1S/C29H39NO4/c1-21(2)25-6-4-24(20-29(25)34-17-16-32-3)18-23-9-13-30(14-10-23)12-8-22-5-7-28-26(19-22)27(31)11-15-33-28/h4-7,19-21,23H,8-18H2,1-3H3. The van der Waals surface area contributed by atoms with Crippen molar-refractivity contribution in [2.45, 2.75) is 51.9 Å². The highest BCUT2D eigenvalue weighted by atomic mass is 16.5. The predicted molar refractivity (Wildman–Crippen MR) is 135 cm³/mol. The topological polar surface area (TPSA) is 48.0 Å². The quantitative estimate of drug-likeness (QED) is 0.446. The number of rotatable bonds is 10. The highest BCUT2D eigenvalue weighted by Crippen LogP contribution is 2.30. The predicted octanol–water partition coefficient (Wildman–Crippen LogP) is 5.30. The molecule has 2 heterocycles. The van der Waals surface area contributed by atoms with Gasteiger partial charge in [-0.3, -0.25) is 4.79 Å². The maximum Gasteiger partial charge on any atom is 0.170 e. The molecule has 1 fully saturated rings. The van der Waals surface area contributed by atoms with Crippen molar-refractivity contribution in [2.75, 3.05) is 46.6 Å². The lowest BCUT2D eigenvalue weighted by atomic mass is 9.89. The second-order valence-electron chi connectivity index (χ2n) is 9.96. The first-order chi connectivity index (χ1) is 16.5. The Morgan fingerprint density at radius 3 is 2.62 bits per heavy atom. The largest absolute Gasteiger partial charge is 0.492 e. The van der Waals surface area contributed by atoms with Crippen LogP contribution in [-0.2, 0) is 17.6 Å². The molecule has 0 aromatic heterocycles. The molecule has 4 rings (SSSR count). The van der Waals surface area contributed by atoms with E-state index in [0.717, 1.165) is 49.5 Å². The summed E-state index contributed by atoms with van der Waals surface area (Å²) < 4.78 is 16.8. The van der Waals surface area contributed by atoms with E-state index in [-0.39, 0.29) is 5.78 Å². The zero-order valence-electron chi connectivity index (χ0n) is 21.0. The fourth-order valence-corrected chi connectivity index (χ4v) is 5.04. The Kier molecular flexibility index (Phi) is 8.63. The van der Waals surface area contributed by atoms with Crippen molar-refractivity contribution in [1.82, 2.24) is 4.90 Å². The number of methoxy groups -OCH3 is 1. The average Bonchev–Trinajstić information content (AvgIpc) is 2.84. The third-order valence-electron chi connectivity index (χ3n) is 7.12. The maximum atomic E-state index is 12.2. The summed E-state index contributed by atoms with van der Waals surface area (Å²) in [6, 6.07) is 12.9. The minimum Gasteiger partial charge on any atom is -0.492 e. The van der Waals surface area contributed by atoms with E-state index in [1.54, 1.807) is 7.11 Å². The first-order valence-electron chi connectivity index (χ1n) is 12.8. The van der Waals surface area contributed by atoms with Crippen LogP contribution in [0.5, 0.6) is 11.5 Å². The summed E-state index contributed by atoms with van der Waals surface area (Å²) in [5, 5.41) is 0. The van der Waals surface area contributed by atoms with Crippen LogP contribution in [0.25, 0.3) is 0 Å². The molecular formula is C29H39NO4. The van der Waals surface area contributed by atoms with Gasteiger partial charge in [-0.2, -0.15) is 0 Å². The number of Topliss-reactive ketones (excluding diaryl/α,β-unsaturated/α-hetero) is 1. The van der Waals surface area contributed by atoms with Crippen molar-refractivity contribution in [3.8, 4) is 11.5 Å². The van der Waals surface area contributed by atoms with Crippen molar-refractivity contribution in [3.63, 3.8) is 0 Å². The van der Waals surface area contributed by atoms with Gasteiger partial charge in [0.05, 0.1) is 18.8 Å². The number of hydrogen-bond acceptors (Lipinski definition) is 5. The Hall–Kier alpha value is -2.37. The number of nitrogens with zero attached hydrogens (tertiary/aromatic N) is 1. The molecule has 0 atom stereocenters. The summed E-state index contributed by atoms with van der Waals surface area (Å²) in [7, 11) is 1.71. The normalized spacial score (nSPS) is 17.0. The number of carbonyl (C=O) groups is 1. The molecule has 34 heavy (non-hydrogen) atoms. The molecule has 1 saturated heterocycles. The van der Waals surface area contributed by atoms with Crippen LogP contribution in [0.3, 0.4) is 0 Å². The Bertz CT molecular complexity index is 963. The number of ketones is 1. The van der Waals surface area contributed by atoms with Crippen LogP contribution < -0.4 is 9.47 Å². The zero-order chi connectivity index (χ0) is 23.9. The van der Waals surface area contributed by atoms with Gasteiger partial charge in [-0.1, -0.05) is 32.0 Å². The van der Waals surface area contributed by atoms with Crippen molar-refractivity contribution in [3.05, 3.63) is 58.7 Å². The van der Waals surface area contributed by atoms with Crippen LogP contribution in [0.2, 0.25) is 0 Å². The van der Waals surface area contributed by atoms with Crippen molar-refractivity contribution >= 4 is 5.78 Å². The van der Waals surface area contributed by atoms with Gasteiger partial charge in [0, 0.05) is 20.1 Å². The van der Waals surface area contributed by atoms with Crippen LogP contribution in [-0.4, -0.2) is 57.2 Å². The third-order valence-corrected chi connectivity index (χ3v) is 7.12. The first kappa shape index (κ1) is 24.7. The van der Waals surface area contributed by atoms with Crippen LogP contribution >= 0.6 is 0 Å². The molecule has 0 radical (unpaired) electrons. The van der Waals surface area contributed by atoms with E-state index in [0.29, 0.717) is 38.1 Å². The molecule has 0 amide bonds. The SMILES string of the molecule is COCCOc1cc(CC2CCN(CCc3ccc4c(c3)C(=O)CCO4)CC2)ccc1C(C)C. The fourth-order valence-electron chi connectivity index (χ4n) is 5.04. The van der Waals surface area contributed by atoms with E-state index in [9.17, 15) is 4.79 Å². The number of benzene rings is 2. The second kappa shape index (κ2) is 11.9. The van der Waals surface area contributed by atoms with Crippen molar-refractivity contribution < 1.29 is 19.0 Å². The highest BCUT2D eigenvalue weighted by Gasteiger charge is 2.21. The molecule has 2 aromatic carbocycles. The lowest BCUT2D eigenvalue weighted by Gasteiger charge is -2.32. The van der Waals surface area contributed by atoms with E-state index in [2.05, 4.69) is 43.0 Å². The Morgan fingerprint density at radius 1 is 1.06 bits per heavy atom. The van der Waals surface area contributed by atoms with Gasteiger partial charge in [-0.05, 0) is 85.5 Å². The molecule has 2 aliphatic heterocycles. The lowest BCUT2D eigenvalue weighted by molar-refractivity contribution is 0.0933. The molecule has 0 N–H and O–H groups in total. The van der Waals surface area contributed by atoms with Gasteiger partial charge >= 0.3 is 0 Å². The van der Waals surface area contributed by atoms with Crippen LogP contribution in [0, 0.1) is 5.92 Å². The Morgan fingerprint density at radius 2 is 1.85 bits per heavy atom. The van der Waals surface area contributed by atoms with Crippen molar-refractivity contribution in [2.24, 2.45) is 5.92 Å². The van der Waals surface area contributed by atoms with Gasteiger partial charge in [-0.25, -0.2) is 0 Å². The summed E-state index contributed by atoms with van der Waals surface area (Å²) in [6.45, 7) is 9.44. The van der Waals surface area contributed by atoms with Crippen LogP contribution in [0.4, 0.5) is 0 Å². The van der Waals surface area contributed by atoms with E-state index in [1.165, 1.54) is 29.5 Å². The number of hydrogen-bond donors (Lipinski definition) is 0. The van der Waals surface area contributed by atoms with Gasteiger partial charge in [-0.15, -0.1) is 0 Å². The molecule has 2 aromatic rings. The molecule has 2 aliphatic rings. The molecule has 0 saturated carbocycles. The van der Waals surface area contributed by atoms with Crippen LogP contribution in [0.1, 0.15) is 66.1 Å². The summed E-state index contributed by atoms with van der Waals surface area (Å²) in [6.07, 6.45) is 5.03. The van der Waals surface area contributed by atoms with Crippen molar-refractivity contribution in [1.29, 1.82) is 0 Å². The Balaban J connectivity index is 1.27. The van der Waals surface area contributed by atoms with E-state index >= 15 is 0 Å². The monoisotopic (exact) mass is 465 g/mol. The highest BCUT2D eigenvalue weighted by molar-refractivity contribution is 5.99. The van der Waals surface area contributed by atoms with Gasteiger partial charge in [0.2, 0.25) is 0 Å². The number of ether oxygens (including phenoxy) is 3. The Labute approximate surface area is 204 Å². The van der Waals surface area contributed by atoms with E-state index in [1.807, 2.05) is 12.1 Å². The molecular weight excluding hydrogens is 426 g/mol. The summed E-state index contributed by atoms with van der Waals surface area (Å²) in [5.74, 6) is 3.12. The minimum atomic E-state index is 0.206. The molecule has 5 nitrogen and oxygen atoms in total. The summed E-state index contributed by atoms with van der Waals surface area (Å²) in [5.41, 5.74) is 4.63. The zero-order valence-corrected chi connectivity index (χ0v) is 21.0.